The second-order valence-corrected chi connectivity index (χ2v) is 7.61. The summed E-state index contributed by atoms with van der Waals surface area (Å²) < 4.78 is 5.10. The van der Waals surface area contributed by atoms with Gasteiger partial charge < -0.3 is 10.1 Å². The summed E-state index contributed by atoms with van der Waals surface area (Å²) in [6.45, 7) is 2.54. The second-order valence-electron chi connectivity index (χ2n) is 6.77. The van der Waals surface area contributed by atoms with E-state index in [0.717, 1.165) is 4.90 Å². The molecule has 0 bridgehead atoms. The molecule has 0 saturated heterocycles. The van der Waals surface area contributed by atoms with E-state index in [1.165, 1.54) is 19.1 Å². The number of amides is 3. The zero-order chi connectivity index (χ0) is 22.0. The molecular weight excluding hydrogens is 431 g/mol. The molecular formula is C21H18Cl2N2O5. The smallest absolute Gasteiger partial charge is 0.326 e. The first-order valence-corrected chi connectivity index (χ1v) is 9.84. The van der Waals surface area contributed by atoms with Crippen LogP contribution in [-0.2, 0) is 14.3 Å². The Balaban J connectivity index is 1.57. The van der Waals surface area contributed by atoms with Gasteiger partial charge in [0.05, 0.1) is 17.2 Å². The average Bonchev–Trinajstić information content (AvgIpc) is 2.93. The third kappa shape index (κ3) is 4.47. The second kappa shape index (κ2) is 8.85. The lowest BCUT2D eigenvalue weighted by atomic mass is 10.1. The monoisotopic (exact) mass is 448 g/mol. The van der Waals surface area contributed by atoms with Gasteiger partial charge in [-0.1, -0.05) is 41.4 Å². The summed E-state index contributed by atoms with van der Waals surface area (Å²) in [7, 11) is 0. The number of halogens is 2. The fourth-order valence-corrected chi connectivity index (χ4v) is 3.63. The third-order valence-electron chi connectivity index (χ3n) is 4.63. The standard InChI is InChI=1S/C21H18Cl2N2O5/c1-11(14-8-7-13(22)9-17(14)23)24-19(27)12(2)30-18(26)10-25-20(28)15-5-3-4-6-16(15)21(25)29/h3-9,11-12H,10H2,1-2H3,(H,24,27). The highest BCUT2D eigenvalue weighted by molar-refractivity contribution is 6.35. The SMILES string of the molecule is CC(OC(=O)CN1C(=O)c2ccccc2C1=O)C(=O)NC(C)c1ccc(Cl)cc1Cl. The summed E-state index contributed by atoms with van der Waals surface area (Å²) >= 11 is 12.0. The van der Waals surface area contributed by atoms with Gasteiger partial charge in [-0.3, -0.25) is 24.1 Å². The van der Waals surface area contributed by atoms with Crippen molar-refractivity contribution in [2.75, 3.05) is 6.54 Å². The van der Waals surface area contributed by atoms with Crippen LogP contribution in [0.15, 0.2) is 42.5 Å². The Kier molecular flexibility index (Phi) is 6.43. The van der Waals surface area contributed by atoms with Crippen LogP contribution in [0.3, 0.4) is 0 Å². The largest absolute Gasteiger partial charge is 0.451 e. The van der Waals surface area contributed by atoms with Crippen LogP contribution >= 0.6 is 23.2 Å². The molecule has 7 nitrogen and oxygen atoms in total. The number of benzene rings is 2. The number of fused-ring (bicyclic) bond motifs is 1. The first-order valence-electron chi connectivity index (χ1n) is 9.09. The maximum Gasteiger partial charge on any atom is 0.326 e. The zero-order valence-corrected chi connectivity index (χ0v) is 17.7. The van der Waals surface area contributed by atoms with E-state index in [0.29, 0.717) is 15.6 Å². The lowest BCUT2D eigenvalue weighted by Crippen LogP contribution is -2.41. The van der Waals surface area contributed by atoms with Crippen molar-refractivity contribution >= 4 is 46.9 Å². The van der Waals surface area contributed by atoms with E-state index in [1.54, 1.807) is 37.3 Å². The number of nitrogens with one attached hydrogen (secondary N) is 1. The van der Waals surface area contributed by atoms with Crippen molar-refractivity contribution in [2.24, 2.45) is 0 Å². The molecule has 3 amide bonds. The van der Waals surface area contributed by atoms with Gasteiger partial charge in [0.15, 0.2) is 6.10 Å². The molecule has 0 fully saturated rings. The van der Waals surface area contributed by atoms with Gasteiger partial charge in [0.1, 0.15) is 6.54 Å². The topological polar surface area (TPSA) is 92.8 Å². The number of ether oxygens (including phenoxy) is 1. The van der Waals surface area contributed by atoms with E-state index in [-0.39, 0.29) is 11.1 Å². The molecule has 2 aromatic carbocycles. The van der Waals surface area contributed by atoms with Crippen molar-refractivity contribution in [3.63, 3.8) is 0 Å². The average molecular weight is 449 g/mol. The molecule has 0 aromatic heterocycles. The number of hydrogen-bond donors (Lipinski definition) is 1. The van der Waals surface area contributed by atoms with Crippen LogP contribution in [0.2, 0.25) is 10.0 Å². The Hall–Kier alpha value is -2.90. The van der Waals surface area contributed by atoms with Gasteiger partial charge in [0.25, 0.3) is 17.7 Å². The molecule has 1 heterocycles. The van der Waals surface area contributed by atoms with Crippen LogP contribution in [0.5, 0.6) is 0 Å². The van der Waals surface area contributed by atoms with Gasteiger partial charge >= 0.3 is 5.97 Å². The molecule has 2 atom stereocenters. The van der Waals surface area contributed by atoms with Crippen molar-refractivity contribution in [2.45, 2.75) is 26.0 Å². The summed E-state index contributed by atoms with van der Waals surface area (Å²) in [5.74, 6) is -2.57. The number of carbonyl (C=O) groups excluding carboxylic acids is 4. The highest BCUT2D eigenvalue weighted by atomic mass is 35.5. The molecule has 1 aliphatic rings. The maximum atomic E-state index is 12.4. The lowest BCUT2D eigenvalue weighted by Gasteiger charge is -2.20. The van der Waals surface area contributed by atoms with Crippen molar-refractivity contribution in [1.82, 2.24) is 10.2 Å². The van der Waals surface area contributed by atoms with Crippen LogP contribution in [0.25, 0.3) is 0 Å². The molecule has 30 heavy (non-hydrogen) atoms. The number of hydrogen-bond acceptors (Lipinski definition) is 5. The summed E-state index contributed by atoms with van der Waals surface area (Å²) in [5, 5.41) is 3.56. The molecule has 1 aliphatic heterocycles. The van der Waals surface area contributed by atoms with E-state index in [4.69, 9.17) is 27.9 Å². The molecule has 0 saturated carbocycles. The first-order chi connectivity index (χ1) is 14.2. The number of carbonyl (C=O) groups is 4. The lowest BCUT2D eigenvalue weighted by molar-refractivity contribution is -0.155. The highest BCUT2D eigenvalue weighted by Crippen LogP contribution is 2.26. The third-order valence-corrected chi connectivity index (χ3v) is 5.19. The van der Waals surface area contributed by atoms with E-state index >= 15 is 0 Å². The van der Waals surface area contributed by atoms with Crippen LogP contribution in [0, 0.1) is 0 Å². The van der Waals surface area contributed by atoms with Crippen LogP contribution in [-0.4, -0.2) is 41.2 Å². The number of nitrogens with zero attached hydrogens (tertiary/aromatic N) is 1. The van der Waals surface area contributed by atoms with Crippen molar-refractivity contribution < 1.29 is 23.9 Å². The minimum atomic E-state index is -1.14. The fraction of sp³-hybridized carbons (Fsp3) is 0.238. The molecule has 0 radical (unpaired) electrons. The van der Waals surface area contributed by atoms with Gasteiger partial charge in [-0.05, 0) is 43.7 Å². The first kappa shape index (κ1) is 21.8. The molecule has 0 aliphatic carbocycles. The molecule has 2 aromatic rings. The van der Waals surface area contributed by atoms with Crippen LogP contribution in [0.4, 0.5) is 0 Å². The van der Waals surface area contributed by atoms with Crippen LogP contribution < -0.4 is 5.32 Å². The Bertz CT molecular complexity index is 1000. The van der Waals surface area contributed by atoms with Crippen molar-refractivity contribution in [3.05, 3.63) is 69.2 Å². The molecule has 156 valence electrons. The van der Waals surface area contributed by atoms with Gasteiger partial charge in [-0.2, -0.15) is 0 Å². The molecule has 3 rings (SSSR count). The van der Waals surface area contributed by atoms with Gasteiger partial charge in [0.2, 0.25) is 0 Å². The summed E-state index contributed by atoms with van der Waals surface area (Å²) in [6, 6.07) is 10.7. The van der Waals surface area contributed by atoms with Gasteiger partial charge in [0, 0.05) is 10.0 Å². The van der Waals surface area contributed by atoms with E-state index in [1.807, 2.05) is 0 Å². The molecule has 9 heteroatoms. The quantitative estimate of drug-likeness (QED) is 0.539. The van der Waals surface area contributed by atoms with Crippen LogP contribution in [0.1, 0.15) is 46.2 Å². The Morgan fingerprint density at radius 3 is 2.20 bits per heavy atom. The highest BCUT2D eigenvalue weighted by Gasteiger charge is 2.37. The van der Waals surface area contributed by atoms with E-state index in [2.05, 4.69) is 5.32 Å². The van der Waals surface area contributed by atoms with Gasteiger partial charge in [-0.25, -0.2) is 0 Å². The maximum absolute atomic E-state index is 12.4. The summed E-state index contributed by atoms with van der Waals surface area (Å²) in [4.78, 5) is 50.0. The molecule has 2 unspecified atom stereocenters. The number of rotatable bonds is 6. The zero-order valence-electron chi connectivity index (χ0n) is 16.1. The Labute approximate surface area is 182 Å². The molecule has 0 spiro atoms. The Morgan fingerprint density at radius 2 is 1.63 bits per heavy atom. The fourth-order valence-electron chi connectivity index (χ4n) is 3.06. The predicted octanol–water partition coefficient (Wildman–Crippen LogP) is 3.40. The van der Waals surface area contributed by atoms with Crippen molar-refractivity contribution in [1.29, 1.82) is 0 Å². The van der Waals surface area contributed by atoms with E-state index in [9.17, 15) is 19.2 Å². The predicted molar refractivity (Wildman–Crippen MR) is 110 cm³/mol. The van der Waals surface area contributed by atoms with Gasteiger partial charge in [-0.15, -0.1) is 0 Å². The van der Waals surface area contributed by atoms with E-state index < -0.39 is 42.4 Å². The van der Waals surface area contributed by atoms with Crippen molar-refractivity contribution in [3.8, 4) is 0 Å². The number of esters is 1. The normalized spacial score (nSPS) is 14.9. The summed E-state index contributed by atoms with van der Waals surface area (Å²) in [5.41, 5.74) is 1.11. The Morgan fingerprint density at radius 1 is 1.03 bits per heavy atom. The summed E-state index contributed by atoms with van der Waals surface area (Å²) in [6.07, 6.45) is -1.14. The minimum Gasteiger partial charge on any atom is -0.451 e. The number of imide groups is 1. The molecule has 1 N–H and O–H groups in total. The minimum absolute atomic E-state index is 0.231.